The highest BCUT2D eigenvalue weighted by Crippen LogP contribution is 2.31. The molecule has 0 atom stereocenters. The molecule has 0 aromatic heterocycles. The van der Waals surface area contributed by atoms with Crippen LogP contribution in [-0.4, -0.2) is 67.2 Å². The number of carboxylic acids is 1. The van der Waals surface area contributed by atoms with E-state index >= 15 is 0 Å². The van der Waals surface area contributed by atoms with Gasteiger partial charge in [-0.3, -0.25) is 4.79 Å². The molecule has 0 aliphatic carbocycles. The molecule has 2 amide bonds. The van der Waals surface area contributed by atoms with E-state index in [4.69, 9.17) is 5.11 Å². The van der Waals surface area contributed by atoms with Crippen molar-refractivity contribution in [2.24, 2.45) is 5.41 Å². The van der Waals surface area contributed by atoms with Gasteiger partial charge in [-0.2, -0.15) is 0 Å². The van der Waals surface area contributed by atoms with E-state index in [9.17, 15) is 9.59 Å². The Morgan fingerprint density at radius 1 is 1.37 bits per heavy atom. The van der Waals surface area contributed by atoms with Gasteiger partial charge in [0.2, 0.25) is 0 Å². The van der Waals surface area contributed by atoms with E-state index in [0.717, 1.165) is 13.0 Å². The number of nitrogens with zero attached hydrogens (tertiary/aromatic N) is 2. The van der Waals surface area contributed by atoms with Crippen LogP contribution in [0, 0.1) is 5.41 Å². The second kappa shape index (κ2) is 6.75. The van der Waals surface area contributed by atoms with Crippen molar-refractivity contribution in [3.63, 3.8) is 0 Å². The van der Waals surface area contributed by atoms with Gasteiger partial charge in [0.25, 0.3) is 0 Å². The van der Waals surface area contributed by atoms with Gasteiger partial charge in [-0.15, -0.1) is 0 Å². The topological polar surface area (TPSA) is 72.9 Å². The summed E-state index contributed by atoms with van der Waals surface area (Å²) in [7, 11) is 3.68. The summed E-state index contributed by atoms with van der Waals surface area (Å²) in [5, 5.41) is 12.2. The molecule has 1 aliphatic heterocycles. The number of hydrogen-bond acceptors (Lipinski definition) is 3. The first kappa shape index (κ1) is 15.8. The molecule has 1 fully saturated rings. The molecule has 0 bridgehead atoms. The number of rotatable bonds is 5. The Morgan fingerprint density at radius 2 is 1.95 bits per heavy atom. The van der Waals surface area contributed by atoms with E-state index in [1.807, 2.05) is 7.05 Å². The Bertz CT molecular complexity index is 325. The molecule has 1 saturated heterocycles. The highest BCUT2D eigenvalue weighted by Gasteiger charge is 2.38. The maximum atomic E-state index is 12.2. The van der Waals surface area contributed by atoms with Gasteiger partial charge in [0, 0.05) is 26.7 Å². The molecule has 0 radical (unpaired) electrons. The number of aliphatic carboxylic acids is 1. The molecule has 110 valence electrons. The van der Waals surface area contributed by atoms with Crippen LogP contribution < -0.4 is 5.32 Å². The molecule has 1 aliphatic rings. The summed E-state index contributed by atoms with van der Waals surface area (Å²) in [6, 6.07) is 0.00328. The number of hydrogen-bond donors (Lipinski definition) is 2. The number of carbonyl (C=O) groups is 2. The maximum absolute atomic E-state index is 12.2. The molecule has 0 spiro atoms. The van der Waals surface area contributed by atoms with Crippen molar-refractivity contribution in [3.05, 3.63) is 0 Å². The lowest BCUT2D eigenvalue weighted by Gasteiger charge is -2.38. The fourth-order valence-corrected chi connectivity index (χ4v) is 2.24. The summed E-state index contributed by atoms with van der Waals surface area (Å²) in [6.45, 7) is 4.41. The number of likely N-dealkylation sites (tertiary alicyclic amines) is 1. The van der Waals surface area contributed by atoms with Crippen molar-refractivity contribution >= 4 is 12.0 Å². The zero-order chi connectivity index (χ0) is 14.5. The van der Waals surface area contributed by atoms with Crippen LogP contribution in [0.25, 0.3) is 0 Å². The van der Waals surface area contributed by atoms with Crippen molar-refractivity contribution in [1.82, 2.24) is 15.1 Å². The molecule has 0 aromatic rings. The highest BCUT2D eigenvalue weighted by molar-refractivity contribution is 5.76. The van der Waals surface area contributed by atoms with Crippen molar-refractivity contribution in [2.75, 3.05) is 40.3 Å². The highest BCUT2D eigenvalue weighted by atomic mass is 16.4. The van der Waals surface area contributed by atoms with Crippen LogP contribution in [0.4, 0.5) is 4.79 Å². The molecule has 0 unspecified atom stereocenters. The average Bonchev–Trinajstić information content (AvgIpc) is 2.39. The molecule has 0 saturated carbocycles. The van der Waals surface area contributed by atoms with Gasteiger partial charge in [-0.05, 0) is 39.8 Å². The largest absolute Gasteiger partial charge is 0.481 e. The van der Waals surface area contributed by atoms with Crippen molar-refractivity contribution < 1.29 is 14.7 Å². The van der Waals surface area contributed by atoms with E-state index in [2.05, 4.69) is 5.32 Å². The number of amides is 2. The zero-order valence-corrected chi connectivity index (χ0v) is 12.1. The molecule has 6 heteroatoms. The molecular formula is C13H25N3O3. The predicted molar refractivity (Wildman–Crippen MR) is 73.1 cm³/mol. The van der Waals surface area contributed by atoms with Gasteiger partial charge < -0.3 is 20.2 Å². The Balaban J connectivity index is 2.42. The third-order valence-electron chi connectivity index (χ3n) is 3.90. The Labute approximate surface area is 114 Å². The summed E-state index contributed by atoms with van der Waals surface area (Å²) in [4.78, 5) is 26.8. The van der Waals surface area contributed by atoms with Crippen molar-refractivity contribution in [1.29, 1.82) is 0 Å². The first-order valence-electron chi connectivity index (χ1n) is 6.79. The van der Waals surface area contributed by atoms with Crippen molar-refractivity contribution in [3.8, 4) is 0 Å². The number of urea groups is 1. The van der Waals surface area contributed by atoms with Gasteiger partial charge in [0.15, 0.2) is 0 Å². The monoisotopic (exact) mass is 271 g/mol. The fourth-order valence-electron chi connectivity index (χ4n) is 2.24. The first-order valence-corrected chi connectivity index (χ1v) is 6.79. The van der Waals surface area contributed by atoms with Gasteiger partial charge in [0.05, 0.1) is 5.41 Å². The molecule has 0 aromatic carbocycles. The second-order valence-corrected chi connectivity index (χ2v) is 5.51. The van der Waals surface area contributed by atoms with Crippen LogP contribution in [-0.2, 0) is 4.79 Å². The van der Waals surface area contributed by atoms with Gasteiger partial charge >= 0.3 is 12.0 Å². The number of carbonyl (C=O) groups excluding carboxylic acids is 1. The van der Waals surface area contributed by atoms with E-state index in [-0.39, 0.29) is 6.03 Å². The smallest absolute Gasteiger partial charge is 0.319 e. The Morgan fingerprint density at radius 3 is 2.42 bits per heavy atom. The molecule has 2 N–H and O–H groups in total. The summed E-state index contributed by atoms with van der Waals surface area (Å²) in [5.41, 5.74) is -0.679. The Kier molecular flexibility index (Phi) is 5.60. The van der Waals surface area contributed by atoms with E-state index in [0.29, 0.717) is 32.5 Å². The first-order chi connectivity index (χ1) is 8.90. The normalized spacial score (nSPS) is 18.2. The zero-order valence-electron chi connectivity index (χ0n) is 12.1. The molecule has 1 rings (SSSR count). The van der Waals surface area contributed by atoms with Crippen LogP contribution >= 0.6 is 0 Å². The number of nitrogens with one attached hydrogen (secondary N) is 1. The van der Waals surface area contributed by atoms with Crippen LogP contribution in [0.2, 0.25) is 0 Å². The van der Waals surface area contributed by atoms with Crippen molar-refractivity contribution in [2.45, 2.75) is 26.2 Å². The Hall–Kier alpha value is -1.30. The van der Waals surface area contributed by atoms with E-state index in [1.54, 1.807) is 23.8 Å². The summed E-state index contributed by atoms with van der Waals surface area (Å²) in [5.74, 6) is -0.762. The van der Waals surface area contributed by atoms with Gasteiger partial charge in [-0.25, -0.2) is 4.79 Å². The minimum Gasteiger partial charge on any atom is -0.481 e. The molecule has 1 heterocycles. The lowest BCUT2D eigenvalue weighted by Crippen LogP contribution is -2.49. The molecule has 19 heavy (non-hydrogen) atoms. The predicted octanol–water partition coefficient (Wildman–Crippen LogP) is 0.834. The number of carboxylic acid groups (broad SMARTS) is 1. The molecule has 6 nitrogen and oxygen atoms in total. The summed E-state index contributed by atoms with van der Waals surface area (Å²) in [6.07, 6.45) is 1.97. The van der Waals surface area contributed by atoms with Crippen LogP contribution in [0.3, 0.4) is 0 Å². The van der Waals surface area contributed by atoms with Crippen LogP contribution in [0.5, 0.6) is 0 Å². The van der Waals surface area contributed by atoms with E-state index in [1.165, 1.54) is 0 Å². The minimum absolute atomic E-state index is 0.00328. The lowest BCUT2D eigenvalue weighted by atomic mass is 9.80. The third-order valence-corrected chi connectivity index (χ3v) is 3.90. The standard InChI is InChI=1S/C13H25N3O3/c1-13(11(17)18)5-9-16(10-6-13)12(19)15(3)8-4-7-14-2/h14H,4-10H2,1-3H3,(H,17,18). The third kappa shape index (κ3) is 4.09. The molecular weight excluding hydrogens is 246 g/mol. The SMILES string of the molecule is CNCCCN(C)C(=O)N1CCC(C)(C(=O)O)CC1. The average molecular weight is 271 g/mol. The summed E-state index contributed by atoms with van der Waals surface area (Å²) < 4.78 is 0. The minimum atomic E-state index is -0.762. The van der Waals surface area contributed by atoms with Crippen LogP contribution in [0.15, 0.2) is 0 Å². The second-order valence-electron chi connectivity index (χ2n) is 5.51. The lowest BCUT2D eigenvalue weighted by molar-refractivity contribution is -0.150. The number of piperidine rings is 1. The van der Waals surface area contributed by atoms with E-state index < -0.39 is 11.4 Å². The van der Waals surface area contributed by atoms with Gasteiger partial charge in [0.1, 0.15) is 0 Å². The summed E-state index contributed by atoms with van der Waals surface area (Å²) >= 11 is 0. The quantitative estimate of drug-likeness (QED) is 0.727. The van der Waals surface area contributed by atoms with Gasteiger partial charge in [-0.1, -0.05) is 0 Å². The fraction of sp³-hybridized carbons (Fsp3) is 0.846. The van der Waals surface area contributed by atoms with Crippen LogP contribution in [0.1, 0.15) is 26.2 Å². The maximum Gasteiger partial charge on any atom is 0.319 e.